The van der Waals surface area contributed by atoms with Crippen LogP contribution in [-0.2, 0) is 26.7 Å². The van der Waals surface area contributed by atoms with Crippen molar-refractivity contribution in [3.05, 3.63) is 35.4 Å². The van der Waals surface area contributed by atoms with E-state index in [1.807, 2.05) is 30.9 Å². The first kappa shape index (κ1) is 15.7. The molecule has 1 N–H and O–H groups in total. The van der Waals surface area contributed by atoms with Crippen LogP contribution in [0.2, 0.25) is 0 Å². The molecule has 19 heavy (non-hydrogen) atoms. The van der Waals surface area contributed by atoms with Crippen LogP contribution in [0.3, 0.4) is 0 Å². The Balaban J connectivity index is 0.00000180. The Morgan fingerprint density at radius 1 is 1.26 bits per heavy atom. The van der Waals surface area contributed by atoms with Gasteiger partial charge in [0, 0.05) is 32.9 Å². The summed E-state index contributed by atoms with van der Waals surface area (Å²) in [6, 6.07) is 4.17. The van der Waals surface area contributed by atoms with Gasteiger partial charge in [-0.1, -0.05) is 6.92 Å². The molecule has 0 aliphatic carbocycles. The molecular weight excluding hydrogens is 262 g/mol. The Morgan fingerprint density at radius 2 is 2.00 bits per heavy atom. The largest absolute Gasteiger partial charge is 0.306 e. The van der Waals surface area contributed by atoms with Crippen molar-refractivity contribution in [2.75, 3.05) is 0 Å². The highest BCUT2D eigenvalue weighted by Gasteiger charge is 2.05. The summed E-state index contributed by atoms with van der Waals surface area (Å²) in [6.07, 6.45) is 2.93. The Hall–Kier alpha value is -1.33. The lowest BCUT2D eigenvalue weighted by atomic mass is 10.3. The molecule has 0 atom stereocenters. The lowest BCUT2D eigenvalue weighted by Gasteiger charge is -2.07. The normalized spacial score (nSPS) is 10.5. The van der Waals surface area contributed by atoms with Gasteiger partial charge in [0.1, 0.15) is 0 Å². The molecule has 6 heteroatoms. The molecule has 106 valence electrons. The number of rotatable bonds is 6. The fourth-order valence-electron chi connectivity index (χ4n) is 2.04. The van der Waals surface area contributed by atoms with Gasteiger partial charge in [-0.25, -0.2) is 0 Å². The zero-order valence-corrected chi connectivity index (χ0v) is 12.6. The second kappa shape index (κ2) is 7.31. The van der Waals surface area contributed by atoms with E-state index in [1.165, 1.54) is 11.4 Å². The number of hydrogen-bond donors (Lipinski definition) is 1. The summed E-state index contributed by atoms with van der Waals surface area (Å²) < 4.78 is 3.98. The molecule has 0 amide bonds. The molecule has 0 radical (unpaired) electrons. The lowest BCUT2D eigenvalue weighted by molar-refractivity contribution is 0.540. The third-order valence-corrected chi connectivity index (χ3v) is 2.96. The monoisotopic (exact) mass is 283 g/mol. The molecule has 2 rings (SSSR count). The van der Waals surface area contributed by atoms with Gasteiger partial charge >= 0.3 is 0 Å². The average molecular weight is 284 g/mol. The van der Waals surface area contributed by atoms with E-state index in [0.717, 1.165) is 31.7 Å². The van der Waals surface area contributed by atoms with E-state index >= 15 is 0 Å². The summed E-state index contributed by atoms with van der Waals surface area (Å²) in [5.41, 5.74) is 3.52. The van der Waals surface area contributed by atoms with E-state index in [9.17, 15) is 0 Å². The van der Waals surface area contributed by atoms with Crippen molar-refractivity contribution in [1.29, 1.82) is 0 Å². The summed E-state index contributed by atoms with van der Waals surface area (Å²) in [5, 5.41) is 12.1. The topological polar surface area (TPSA) is 47.7 Å². The van der Waals surface area contributed by atoms with E-state index < -0.39 is 0 Å². The van der Waals surface area contributed by atoms with Crippen LogP contribution in [0.15, 0.2) is 18.3 Å². The first-order valence-electron chi connectivity index (χ1n) is 6.41. The Labute approximate surface area is 120 Å². The van der Waals surface area contributed by atoms with Crippen LogP contribution in [0, 0.1) is 6.92 Å². The summed E-state index contributed by atoms with van der Waals surface area (Å²) in [4.78, 5) is 0. The summed E-state index contributed by atoms with van der Waals surface area (Å²) >= 11 is 0. The van der Waals surface area contributed by atoms with Gasteiger partial charge in [-0.15, -0.1) is 12.4 Å². The molecule has 0 aliphatic heterocycles. The summed E-state index contributed by atoms with van der Waals surface area (Å²) in [5.74, 6) is 0. The van der Waals surface area contributed by atoms with Gasteiger partial charge < -0.3 is 5.32 Å². The Morgan fingerprint density at radius 3 is 2.63 bits per heavy atom. The fourth-order valence-corrected chi connectivity index (χ4v) is 2.04. The van der Waals surface area contributed by atoms with Crippen molar-refractivity contribution < 1.29 is 0 Å². The van der Waals surface area contributed by atoms with Crippen molar-refractivity contribution in [1.82, 2.24) is 24.9 Å². The van der Waals surface area contributed by atoms with E-state index in [-0.39, 0.29) is 12.4 Å². The molecule has 0 unspecified atom stereocenters. The highest BCUT2D eigenvalue weighted by Crippen LogP contribution is 2.05. The molecule has 0 aromatic carbocycles. The second-order valence-corrected chi connectivity index (χ2v) is 4.55. The molecule has 0 fully saturated rings. The van der Waals surface area contributed by atoms with Gasteiger partial charge in [-0.2, -0.15) is 10.2 Å². The first-order valence-corrected chi connectivity index (χ1v) is 6.41. The molecule has 0 saturated heterocycles. The van der Waals surface area contributed by atoms with Crippen LogP contribution in [0.25, 0.3) is 0 Å². The summed E-state index contributed by atoms with van der Waals surface area (Å²) in [7, 11) is 1.96. The molecule has 5 nitrogen and oxygen atoms in total. The van der Waals surface area contributed by atoms with Crippen molar-refractivity contribution in [3.63, 3.8) is 0 Å². The van der Waals surface area contributed by atoms with Crippen LogP contribution in [0.4, 0.5) is 0 Å². The Bertz CT molecular complexity index is 503. The maximum Gasteiger partial charge on any atom is 0.0597 e. The number of halogens is 1. The molecular formula is C13H22ClN5. The third kappa shape index (κ3) is 4.08. The van der Waals surface area contributed by atoms with Gasteiger partial charge in [0.2, 0.25) is 0 Å². The molecule has 0 saturated carbocycles. The van der Waals surface area contributed by atoms with Crippen LogP contribution >= 0.6 is 12.4 Å². The first-order chi connectivity index (χ1) is 8.70. The summed E-state index contributed by atoms with van der Waals surface area (Å²) in [6.45, 7) is 6.86. The highest BCUT2D eigenvalue weighted by molar-refractivity contribution is 5.85. The Kier molecular flexibility index (Phi) is 6.05. The maximum atomic E-state index is 4.49. The minimum atomic E-state index is 0. The third-order valence-electron chi connectivity index (χ3n) is 2.96. The number of hydrogen-bond acceptors (Lipinski definition) is 3. The maximum absolute atomic E-state index is 4.49. The van der Waals surface area contributed by atoms with Crippen LogP contribution in [0.1, 0.15) is 30.4 Å². The average Bonchev–Trinajstić information content (AvgIpc) is 2.87. The van der Waals surface area contributed by atoms with E-state index in [4.69, 9.17) is 0 Å². The predicted octanol–water partition coefficient (Wildman–Crippen LogP) is 2.05. The fraction of sp³-hybridized carbons (Fsp3) is 0.538. The number of nitrogens with one attached hydrogen (secondary N) is 1. The minimum Gasteiger partial charge on any atom is -0.306 e. The van der Waals surface area contributed by atoms with Crippen LogP contribution < -0.4 is 5.32 Å². The molecule has 2 aromatic heterocycles. The van der Waals surface area contributed by atoms with Crippen LogP contribution in [-0.4, -0.2) is 19.6 Å². The van der Waals surface area contributed by atoms with E-state index in [2.05, 4.69) is 33.2 Å². The van der Waals surface area contributed by atoms with Gasteiger partial charge in [0.15, 0.2) is 0 Å². The minimum absolute atomic E-state index is 0. The van der Waals surface area contributed by atoms with Crippen molar-refractivity contribution in [2.45, 2.75) is 39.9 Å². The van der Waals surface area contributed by atoms with Crippen molar-refractivity contribution in [2.24, 2.45) is 7.05 Å². The number of aryl methyl sites for hydroxylation is 3. The molecule has 2 heterocycles. The zero-order chi connectivity index (χ0) is 13.0. The molecule has 0 aliphatic rings. The van der Waals surface area contributed by atoms with Crippen molar-refractivity contribution in [3.8, 4) is 0 Å². The van der Waals surface area contributed by atoms with Crippen LogP contribution in [0.5, 0.6) is 0 Å². The lowest BCUT2D eigenvalue weighted by Crippen LogP contribution is -2.18. The van der Waals surface area contributed by atoms with Gasteiger partial charge in [0.05, 0.1) is 17.1 Å². The van der Waals surface area contributed by atoms with Gasteiger partial charge in [-0.3, -0.25) is 9.36 Å². The standard InChI is InChI=1S/C13H21N5.ClH/c1-4-7-18-13(8-11(2)16-18)10-14-9-12-5-6-15-17(12)3;/h5-6,8,14H,4,7,9-10H2,1-3H3;1H. The zero-order valence-electron chi connectivity index (χ0n) is 11.8. The molecule has 0 bridgehead atoms. The van der Waals surface area contributed by atoms with E-state index in [1.54, 1.807) is 0 Å². The van der Waals surface area contributed by atoms with Gasteiger partial charge in [-0.05, 0) is 25.5 Å². The molecule has 0 spiro atoms. The second-order valence-electron chi connectivity index (χ2n) is 4.55. The van der Waals surface area contributed by atoms with Gasteiger partial charge in [0.25, 0.3) is 0 Å². The highest BCUT2D eigenvalue weighted by atomic mass is 35.5. The number of aromatic nitrogens is 4. The SMILES string of the molecule is CCCn1nc(C)cc1CNCc1ccnn1C.Cl. The quantitative estimate of drug-likeness (QED) is 0.883. The predicted molar refractivity (Wildman–Crippen MR) is 78.3 cm³/mol. The smallest absolute Gasteiger partial charge is 0.0597 e. The number of nitrogens with zero attached hydrogens (tertiary/aromatic N) is 4. The molecule has 2 aromatic rings. The van der Waals surface area contributed by atoms with Crippen molar-refractivity contribution >= 4 is 12.4 Å². The van der Waals surface area contributed by atoms with E-state index in [0.29, 0.717) is 0 Å².